The van der Waals surface area contributed by atoms with Gasteiger partial charge >= 0.3 is 0 Å². The van der Waals surface area contributed by atoms with Crippen LogP contribution in [0.5, 0.6) is 5.75 Å². The van der Waals surface area contributed by atoms with Crippen LogP contribution in [-0.4, -0.2) is 44.9 Å². The van der Waals surface area contributed by atoms with Crippen molar-refractivity contribution >= 4 is 26.7 Å². The molecule has 3 aromatic rings. The average molecular weight is 449 g/mol. The lowest BCUT2D eigenvalue weighted by molar-refractivity contribution is 0.0958. The first-order valence-corrected chi connectivity index (χ1v) is 11.9. The average Bonchev–Trinajstić information content (AvgIpc) is 3.37. The fourth-order valence-corrected chi connectivity index (χ4v) is 5.15. The predicted octanol–water partition coefficient (Wildman–Crippen LogP) is 3.44. The number of fused-ring (bicyclic) bond motifs is 1. The van der Waals surface area contributed by atoms with E-state index in [-0.39, 0.29) is 24.0 Å². The fourth-order valence-electron chi connectivity index (χ4n) is 3.63. The number of hydrogen-bond donors (Lipinski definition) is 1. The van der Waals surface area contributed by atoms with Crippen molar-refractivity contribution in [1.82, 2.24) is 9.62 Å². The molecule has 3 aromatic carbocycles. The molecule has 0 aliphatic carbocycles. The Hall–Kier alpha value is -3.34. The van der Waals surface area contributed by atoms with Crippen LogP contribution in [0.3, 0.4) is 0 Å². The Bertz CT molecular complexity index is 1260. The van der Waals surface area contributed by atoms with Crippen molar-refractivity contribution in [3.05, 3.63) is 72.3 Å². The van der Waals surface area contributed by atoms with Crippen LogP contribution in [-0.2, 0) is 10.0 Å². The lowest BCUT2D eigenvalue weighted by Crippen LogP contribution is -2.28. The van der Waals surface area contributed by atoms with E-state index in [4.69, 9.17) is 4.74 Å². The van der Waals surface area contributed by atoms with Gasteiger partial charge in [-0.3, -0.25) is 4.79 Å². The number of sulfonamides is 1. The monoisotopic (exact) mass is 448 g/mol. The second-order valence-corrected chi connectivity index (χ2v) is 9.38. The summed E-state index contributed by atoms with van der Waals surface area (Å²) in [6, 6.07) is 19.8. The van der Waals surface area contributed by atoms with Crippen LogP contribution in [0.1, 0.15) is 23.2 Å². The lowest BCUT2D eigenvalue weighted by Gasteiger charge is -2.15. The van der Waals surface area contributed by atoms with Crippen molar-refractivity contribution in [2.75, 3.05) is 26.2 Å². The molecule has 0 atom stereocenters. The van der Waals surface area contributed by atoms with Crippen molar-refractivity contribution in [2.45, 2.75) is 17.7 Å². The highest BCUT2D eigenvalue weighted by atomic mass is 32.2. The van der Waals surface area contributed by atoms with E-state index in [1.165, 1.54) is 28.6 Å². The number of amides is 1. The zero-order valence-corrected chi connectivity index (χ0v) is 18.4. The van der Waals surface area contributed by atoms with E-state index in [0.29, 0.717) is 18.7 Å². The molecule has 1 aliphatic rings. The van der Waals surface area contributed by atoms with Gasteiger partial charge in [-0.25, -0.2) is 8.42 Å². The van der Waals surface area contributed by atoms with Gasteiger partial charge in [-0.05, 0) is 48.6 Å². The highest BCUT2D eigenvalue weighted by Crippen LogP contribution is 2.25. The van der Waals surface area contributed by atoms with Crippen LogP contribution in [0.25, 0.3) is 10.8 Å². The van der Waals surface area contributed by atoms with Gasteiger partial charge in [-0.1, -0.05) is 48.2 Å². The molecular formula is C25H24N2O4S. The number of hydrogen-bond acceptors (Lipinski definition) is 4. The molecule has 1 heterocycles. The quantitative estimate of drug-likeness (QED) is 0.586. The summed E-state index contributed by atoms with van der Waals surface area (Å²) in [5.74, 6) is 6.22. The van der Waals surface area contributed by atoms with E-state index < -0.39 is 10.0 Å². The number of carbonyl (C=O) groups excluding carboxylic acids is 1. The number of rotatable bonds is 6. The minimum Gasteiger partial charge on any atom is -0.480 e. The molecule has 0 radical (unpaired) electrons. The van der Waals surface area contributed by atoms with Gasteiger partial charge in [0.05, 0.1) is 11.4 Å². The van der Waals surface area contributed by atoms with Crippen molar-refractivity contribution in [1.29, 1.82) is 0 Å². The third-order valence-corrected chi connectivity index (χ3v) is 7.24. The molecule has 1 amide bonds. The van der Waals surface area contributed by atoms with Crippen molar-refractivity contribution < 1.29 is 17.9 Å². The second-order valence-electron chi connectivity index (χ2n) is 7.44. The molecule has 0 spiro atoms. The van der Waals surface area contributed by atoms with Gasteiger partial charge < -0.3 is 10.1 Å². The molecular weight excluding hydrogens is 424 g/mol. The fraction of sp³-hybridized carbons (Fsp3) is 0.240. The summed E-state index contributed by atoms with van der Waals surface area (Å²) in [5.41, 5.74) is 0.388. The van der Waals surface area contributed by atoms with Crippen LogP contribution in [0.4, 0.5) is 0 Å². The first-order chi connectivity index (χ1) is 15.6. The predicted molar refractivity (Wildman–Crippen MR) is 124 cm³/mol. The normalized spacial score (nSPS) is 14.0. The van der Waals surface area contributed by atoms with E-state index in [2.05, 4.69) is 17.2 Å². The third-order valence-electron chi connectivity index (χ3n) is 5.33. The highest BCUT2D eigenvalue weighted by Gasteiger charge is 2.27. The SMILES string of the molecule is O=C(NCC#CCOc1cccc2ccccc12)c1ccc(S(=O)(=O)N2CCCC2)cc1. The standard InChI is InChI=1S/C25H24N2O4S/c28-25(21-12-14-22(15-13-21)32(29,30)27-17-4-5-18-27)26-16-3-6-19-31-24-11-7-9-20-8-1-2-10-23(20)24/h1-2,7-15H,4-5,16-19H2,(H,26,28). The maximum atomic E-state index is 12.6. The lowest BCUT2D eigenvalue weighted by atomic mass is 10.1. The molecule has 1 aliphatic heterocycles. The van der Waals surface area contributed by atoms with E-state index in [1.807, 2.05) is 42.5 Å². The van der Waals surface area contributed by atoms with Crippen LogP contribution in [0.15, 0.2) is 71.6 Å². The second kappa shape index (κ2) is 9.86. The van der Waals surface area contributed by atoms with E-state index >= 15 is 0 Å². The minimum atomic E-state index is -3.48. The summed E-state index contributed by atoms with van der Waals surface area (Å²) < 4.78 is 32.4. The van der Waals surface area contributed by atoms with Gasteiger partial charge in [-0.15, -0.1) is 0 Å². The van der Waals surface area contributed by atoms with Gasteiger partial charge in [0.1, 0.15) is 12.4 Å². The topological polar surface area (TPSA) is 75.7 Å². The summed E-state index contributed by atoms with van der Waals surface area (Å²) >= 11 is 0. The Morgan fingerprint density at radius 1 is 0.938 bits per heavy atom. The van der Waals surface area contributed by atoms with Crippen LogP contribution in [0.2, 0.25) is 0 Å². The molecule has 0 unspecified atom stereocenters. The Balaban J connectivity index is 1.28. The molecule has 32 heavy (non-hydrogen) atoms. The Kier molecular flexibility index (Phi) is 6.74. The number of carbonyl (C=O) groups is 1. The minimum absolute atomic E-state index is 0.172. The molecule has 0 aromatic heterocycles. The van der Waals surface area contributed by atoms with Gasteiger partial charge in [0.25, 0.3) is 5.91 Å². The van der Waals surface area contributed by atoms with Crippen LogP contribution < -0.4 is 10.1 Å². The summed E-state index contributed by atoms with van der Waals surface area (Å²) in [4.78, 5) is 12.5. The summed E-state index contributed by atoms with van der Waals surface area (Å²) in [5, 5.41) is 4.84. The number of nitrogens with one attached hydrogen (secondary N) is 1. The zero-order valence-electron chi connectivity index (χ0n) is 17.6. The maximum absolute atomic E-state index is 12.6. The summed E-state index contributed by atoms with van der Waals surface area (Å²) in [7, 11) is -3.48. The van der Waals surface area contributed by atoms with Gasteiger partial charge in [0.15, 0.2) is 0 Å². The molecule has 164 valence electrons. The molecule has 1 saturated heterocycles. The Morgan fingerprint density at radius 2 is 1.66 bits per heavy atom. The zero-order chi connectivity index (χ0) is 22.4. The summed E-state index contributed by atoms with van der Waals surface area (Å²) in [6.45, 7) is 1.49. The number of benzene rings is 3. The van der Waals surface area contributed by atoms with Crippen LogP contribution in [0, 0.1) is 11.8 Å². The molecule has 1 fully saturated rings. The largest absolute Gasteiger partial charge is 0.480 e. The smallest absolute Gasteiger partial charge is 0.252 e. The van der Waals surface area contributed by atoms with E-state index in [0.717, 1.165) is 29.4 Å². The van der Waals surface area contributed by atoms with E-state index in [1.54, 1.807) is 0 Å². The van der Waals surface area contributed by atoms with Crippen molar-refractivity contribution in [3.8, 4) is 17.6 Å². The third kappa shape index (κ3) is 4.93. The Labute approximate surface area is 188 Å². The maximum Gasteiger partial charge on any atom is 0.252 e. The first-order valence-electron chi connectivity index (χ1n) is 10.5. The van der Waals surface area contributed by atoms with Gasteiger partial charge in [0, 0.05) is 24.0 Å². The summed E-state index contributed by atoms with van der Waals surface area (Å²) in [6.07, 6.45) is 1.77. The molecule has 4 rings (SSSR count). The van der Waals surface area contributed by atoms with Crippen LogP contribution >= 0.6 is 0 Å². The highest BCUT2D eigenvalue weighted by molar-refractivity contribution is 7.89. The molecule has 1 N–H and O–H groups in total. The van der Waals surface area contributed by atoms with Gasteiger partial charge in [0.2, 0.25) is 10.0 Å². The molecule has 0 saturated carbocycles. The molecule has 0 bridgehead atoms. The van der Waals surface area contributed by atoms with Gasteiger partial charge in [-0.2, -0.15) is 4.31 Å². The molecule has 6 nitrogen and oxygen atoms in total. The Morgan fingerprint density at radius 3 is 2.44 bits per heavy atom. The van der Waals surface area contributed by atoms with Crippen molar-refractivity contribution in [3.63, 3.8) is 0 Å². The number of nitrogens with zero attached hydrogens (tertiary/aromatic N) is 1. The number of ether oxygens (including phenoxy) is 1. The molecule has 7 heteroatoms. The first kappa shape index (κ1) is 21.9. The van der Waals surface area contributed by atoms with E-state index in [9.17, 15) is 13.2 Å². The van der Waals surface area contributed by atoms with Crippen molar-refractivity contribution in [2.24, 2.45) is 0 Å².